The van der Waals surface area contributed by atoms with Gasteiger partial charge < -0.3 is 10.6 Å². The third kappa shape index (κ3) is 4.00. The lowest BCUT2D eigenvalue weighted by Gasteiger charge is -2.10. The number of carbonyl (C=O) groups is 2. The first-order valence-corrected chi connectivity index (χ1v) is 8.06. The van der Waals surface area contributed by atoms with Crippen LogP contribution in [0.1, 0.15) is 34.5 Å². The van der Waals surface area contributed by atoms with Crippen molar-refractivity contribution in [2.24, 2.45) is 0 Å². The Bertz CT molecular complexity index is 966. The molecular weight excluding hydrogens is 358 g/mol. The Labute approximate surface area is 152 Å². The highest BCUT2D eigenvalue weighted by Gasteiger charge is 2.18. The third-order valence-corrected chi connectivity index (χ3v) is 3.71. The maximum absolute atomic E-state index is 12.8. The smallest absolute Gasteiger partial charge is 0.321 e. The molecule has 3 aromatic rings. The van der Waals surface area contributed by atoms with Crippen molar-refractivity contribution in [3.05, 3.63) is 60.2 Å². The molecule has 0 spiro atoms. The summed E-state index contributed by atoms with van der Waals surface area (Å²) in [5, 5.41) is 12.7. The summed E-state index contributed by atoms with van der Waals surface area (Å²) >= 11 is 0. The quantitative estimate of drug-likeness (QED) is 0.694. The van der Waals surface area contributed by atoms with Crippen molar-refractivity contribution < 1.29 is 18.4 Å². The SMILES string of the molecule is CCn1nccc1C(=O)Nc1cccc(NC(=O)c2ccnn2C(F)F)c1. The van der Waals surface area contributed by atoms with Crippen LogP contribution < -0.4 is 10.6 Å². The average molecular weight is 374 g/mol. The van der Waals surface area contributed by atoms with Gasteiger partial charge in [0.2, 0.25) is 0 Å². The van der Waals surface area contributed by atoms with E-state index >= 15 is 0 Å². The average Bonchev–Trinajstić information content (AvgIpc) is 3.31. The van der Waals surface area contributed by atoms with Gasteiger partial charge in [0.1, 0.15) is 11.4 Å². The Morgan fingerprint density at radius 2 is 1.59 bits per heavy atom. The van der Waals surface area contributed by atoms with Crippen molar-refractivity contribution in [3.63, 3.8) is 0 Å². The molecular formula is C17H16F2N6O2. The molecule has 27 heavy (non-hydrogen) atoms. The Morgan fingerprint density at radius 1 is 1.00 bits per heavy atom. The molecule has 0 fully saturated rings. The maximum atomic E-state index is 12.8. The maximum Gasteiger partial charge on any atom is 0.333 e. The minimum Gasteiger partial charge on any atom is -0.321 e. The normalized spacial score (nSPS) is 10.8. The molecule has 0 aliphatic carbocycles. The molecule has 0 unspecified atom stereocenters. The van der Waals surface area contributed by atoms with Crippen LogP contribution in [0.15, 0.2) is 48.8 Å². The van der Waals surface area contributed by atoms with Gasteiger partial charge in [-0.3, -0.25) is 14.3 Å². The fourth-order valence-electron chi connectivity index (χ4n) is 2.49. The second-order valence-electron chi connectivity index (χ2n) is 5.46. The highest BCUT2D eigenvalue weighted by atomic mass is 19.3. The summed E-state index contributed by atoms with van der Waals surface area (Å²) < 4.78 is 27.5. The fraction of sp³-hybridized carbons (Fsp3) is 0.176. The molecule has 0 atom stereocenters. The van der Waals surface area contributed by atoms with E-state index in [9.17, 15) is 18.4 Å². The second-order valence-corrected chi connectivity index (χ2v) is 5.46. The molecule has 0 saturated heterocycles. The monoisotopic (exact) mass is 374 g/mol. The van der Waals surface area contributed by atoms with Gasteiger partial charge in [-0.05, 0) is 37.3 Å². The number of carbonyl (C=O) groups excluding carboxylic acids is 2. The molecule has 10 heteroatoms. The highest BCUT2D eigenvalue weighted by Crippen LogP contribution is 2.18. The molecule has 140 valence electrons. The molecule has 8 nitrogen and oxygen atoms in total. The van der Waals surface area contributed by atoms with Crippen molar-refractivity contribution in [1.29, 1.82) is 0 Å². The molecule has 2 N–H and O–H groups in total. The van der Waals surface area contributed by atoms with Gasteiger partial charge in [0.15, 0.2) is 0 Å². The number of halogens is 2. The number of hydrogen-bond acceptors (Lipinski definition) is 4. The topological polar surface area (TPSA) is 93.8 Å². The molecule has 0 aliphatic rings. The van der Waals surface area contributed by atoms with Crippen LogP contribution in [0.3, 0.4) is 0 Å². The zero-order valence-electron chi connectivity index (χ0n) is 14.3. The Balaban J connectivity index is 1.73. The first-order chi connectivity index (χ1) is 13.0. The lowest BCUT2D eigenvalue weighted by Crippen LogP contribution is -2.19. The van der Waals surface area contributed by atoms with Gasteiger partial charge >= 0.3 is 6.55 Å². The molecule has 0 radical (unpaired) electrons. The Morgan fingerprint density at radius 3 is 2.22 bits per heavy atom. The number of amides is 2. The van der Waals surface area contributed by atoms with Crippen molar-refractivity contribution in [2.45, 2.75) is 20.0 Å². The van der Waals surface area contributed by atoms with E-state index < -0.39 is 12.5 Å². The molecule has 0 bridgehead atoms. The van der Waals surface area contributed by atoms with Gasteiger partial charge in [0.25, 0.3) is 11.8 Å². The van der Waals surface area contributed by atoms with Gasteiger partial charge in [-0.1, -0.05) is 6.07 Å². The van der Waals surface area contributed by atoms with Crippen LogP contribution in [0.25, 0.3) is 0 Å². The van der Waals surface area contributed by atoms with Gasteiger partial charge in [0, 0.05) is 30.3 Å². The lowest BCUT2D eigenvalue weighted by molar-refractivity contribution is 0.0520. The van der Waals surface area contributed by atoms with E-state index in [-0.39, 0.29) is 11.6 Å². The summed E-state index contributed by atoms with van der Waals surface area (Å²) in [5.41, 5.74) is 0.895. The van der Waals surface area contributed by atoms with Crippen molar-refractivity contribution in [1.82, 2.24) is 19.6 Å². The van der Waals surface area contributed by atoms with Crippen LogP contribution in [0.4, 0.5) is 20.2 Å². The number of aromatic nitrogens is 4. The van der Waals surface area contributed by atoms with Crippen LogP contribution in [-0.4, -0.2) is 31.4 Å². The number of benzene rings is 1. The second kappa shape index (κ2) is 7.77. The van der Waals surface area contributed by atoms with Crippen molar-refractivity contribution in [2.75, 3.05) is 10.6 Å². The molecule has 1 aromatic carbocycles. The first kappa shape index (κ1) is 18.2. The number of nitrogens with zero attached hydrogens (tertiary/aromatic N) is 4. The summed E-state index contributed by atoms with van der Waals surface area (Å²) in [5.74, 6) is -1.09. The van der Waals surface area contributed by atoms with Gasteiger partial charge in [0.05, 0.1) is 0 Å². The fourth-order valence-corrected chi connectivity index (χ4v) is 2.49. The highest BCUT2D eigenvalue weighted by molar-refractivity contribution is 6.05. The molecule has 2 aromatic heterocycles. The number of alkyl halides is 2. The molecule has 3 rings (SSSR count). The van der Waals surface area contributed by atoms with Gasteiger partial charge in [-0.2, -0.15) is 23.7 Å². The number of anilines is 2. The summed E-state index contributed by atoms with van der Waals surface area (Å²) in [7, 11) is 0. The van der Waals surface area contributed by atoms with Crippen molar-refractivity contribution >= 4 is 23.2 Å². The largest absolute Gasteiger partial charge is 0.333 e. The Hall–Kier alpha value is -3.56. The van der Waals surface area contributed by atoms with Crippen LogP contribution in [0.2, 0.25) is 0 Å². The van der Waals surface area contributed by atoms with E-state index in [1.807, 2.05) is 6.92 Å². The summed E-state index contributed by atoms with van der Waals surface area (Å²) in [4.78, 5) is 24.5. The van der Waals surface area contributed by atoms with Gasteiger partial charge in [-0.25, -0.2) is 0 Å². The number of nitrogens with one attached hydrogen (secondary N) is 2. The van der Waals surface area contributed by atoms with Crippen LogP contribution >= 0.6 is 0 Å². The number of rotatable bonds is 6. The summed E-state index contributed by atoms with van der Waals surface area (Å²) in [6.45, 7) is -0.511. The lowest BCUT2D eigenvalue weighted by atomic mass is 10.2. The predicted octanol–water partition coefficient (Wildman–Crippen LogP) is 3.00. The van der Waals surface area contributed by atoms with E-state index in [2.05, 4.69) is 20.8 Å². The molecule has 0 aliphatic heterocycles. The summed E-state index contributed by atoms with van der Waals surface area (Å²) in [6.07, 6.45) is 2.65. The van der Waals surface area contributed by atoms with Crippen LogP contribution in [0, 0.1) is 0 Å². The van der Waals surface area contributed by atoms with E-state index in [0.29, 0.717) is 28.3 Å². The molecule has 2 heterocycles. The van der Waals surface area contributed by atoms with Crippen LogP contribution in [-0.2, 0) is 6.54 Å². The molecule has 0 saturated carbocycles. The van der Waals surface area contributed by atoms with Crippen molar-refractivity contribution in [3.8, 4) is 0 Å². The third-order valence-electron chi connectivity index (χ3n) is 3.71. The van der Waals surface area contributed by atoms with E-state index in [1.165, 1.54) is 18.3 Å². The first-order valence-electron chi connectivity index (χ1n) is 8.06. The number of aryl methyl sites for hydroxylation is 1. The standard InChI is InChI=1S/C17H16F2N6O2/c1-2-24-13(6-8-20-24)15(26)22-11-4-3-5-12(10-11)23-16(27)14-7-9-21-25(14)17(18)19/h3-10,17H,2H2,1H3,(H,22,26)(H,23,27). The predicted molar refractivity (Wildman–Crippen MR) is 93.7 cm³/mol. The minimum absolute atomic E-state index is 0.272. The molecule has 2 amide bonds. The zero-order valence-corrected chi connectivity index (χ0v) is 14.3. The van der Waals surface area contributed by atoms with E-state index in [4.69, 9.17) is 0 Å². The number of hydrogen-bond donors (Lipinski definition) is 2. The minimum atomic E-state index is -2.92. The zero-order chi connectivity index (χ0) is 19.4. The summed E-state index contributed by atoms with van der Waals surface area (Å²) in [6, 6.07) is 9.14. The van der Waals surface area contributed by atoms with E-state index in [0.717, 1.165) is 6.20 Å². The Kier molecular flexibility index (Phi) is 5.25. The van der Waals surface area contributed by atoms with Gasteiger partial charge in [-0.15, -0.1) is 0 Å². The van der Waals surface area contributed by atoms with E-state index in [1.54, 1.807) is 28.9 Å². The van der Waals surface area contributed by atoms with Crippen LogP contribution in [0.5, 0.6) is 0 Å².